The zero-order valence-electron chi connectivity index (χ0n) is 22.5. The highest BCUT2D eigenvalue weighted by Gasteiger charge is 2.49. The molecule has 2 fully saturated rings. The number of carbonyl (C=O) groups is 1. The monoisotopic (exact) mass is 472 g/mol. The Morgan fingerprint density at radius 1 is 1.27 bits per heavy atom. The van der Waals surface area contributed by atoms with Crippen molar-refractivity contribution in [1.82, 2.24) is 0 Å². The smallest absolute Gasteiger partial charge is 0.305 e. The summed E-state index contributed by atoms with van der Waals surface area (Å²) in [4.78, 5) is 11.4. The molecule has 186 valence electrons. The summed E-state index contributed by atoms with van der Waals surface area (Å²) in [5, 5.41) is 0.232. The molecule has 0 radical (unpaired) electrons. The molecule has 0 spiro atoms. The number of allylic oxidation sites excluding steroid dienone is 3. The van der Waals surface area contributed by atoms with Crippen molar-refractivity contribution in [1.29, 1.82) is 0 Å². The van der Waals surface area contributed by atoms with E-state index in [4.69, 9.17) is 9.16 Å². The number of methoxy groups -OCH3 is 1. The first-order valence-electron chi connectivity index (χ1n) is 13.0. The average Bonchev–Trinajstić information content (AvgIpc) is 3.25. The highest BCUT2D eigenvalue weighted by Crippen LogP contribution is 2.53. The van der Waals surface area contributed by atoms with Gasteiger partial charge >= 0.3 is 5.97 Å². The van der Waals surface area contributed by atoms with Gasteiger partial charge in [-0.25, -0.2) is 0 Å². The van der Waals surface area contributed by atoms with Crippen molar-refractivity contribution < 1.29 is 14.0 Å². The molecule has 5 atom stereocenters. The van der Waals surface area contributed by atoms with Crippen LogP contribution in [0.25, 0.3) is 0 Å². The Labute approximate surface area is 204 Å². The van der Waals surface area contributed by atoms with Gasteiger partial charge in [0.2, 0.25) is 0 Å². The van der Waals surface area contributed by atoms with Crippen molar-refractivity contribution >= 4 is 14.3 Å². The number of rotatable bonds is 10. The zero-order valence-corrected chi connectivity index (χ0v) is 23.5. The maximum absolute atomic E-state index is 11.4. The molecule has 0 heterocycles. The third-order valence-electron chi connectivity index (χ3n) is 8.15. The van der Waals surface area contributed by atoms with Crippen LogP contribution >= 0.6 is 0 Å². The molecule has 2 aliphatic rings. The summed E-state index contributed by atoms with van der Waals surface area (Å²) in [6.07, 6.45) is 15.7. The second-order valence-electron chi connectivity index (χ2n) is 11.7. The number of carbonyl (C=O) groups excluding carboxylic acids is 1. The van der Waals surface area contributed by atoms with E-state index in [-0.39, 0.29) is 11.0 Å². The van der Waals surface area contributed by atoms with Crippen LogP contribution in [0.2, 0.25) is 18.1 Å². The predicted octanol–water partition coefficient (Wildman–Crippen LogP) is 7.69. The lowest BCUT2D eigenvalue weighted by Gasteiger charge is -2.40. The third kappa shape index (κ3) is 8.14. The van der Waals surface area contributed by atoms with E-state index in [1.54, 1.807) is 5.57 Å². The van der Waals surface area contributed by atoms with E-state index in [0.29, 0.717) is 30.3 Å². The van der Waals surface area contributed by atoms with E-state index in [2.05, 4.69) is 70.9 Å². The lowest BCUT2D eigenvalue weighted by Crippen LogP contribution is -2.45. The highest BCUT2D eigenvalue weighted by atomic mass is 28.4. The fraction of sp³-hybridized carbons (Fsp3) is 0.759. The molecule has 1 unspecified atom stereocenters. The topological polar surface area (TPSA) is 35.5 Å². The van der Waals surface area contributed by atoms with Gasteiger partial charge in [-0.2, -0.15) is 0 Å². The van der Waals surface area contributed by atoms with Gasteiger partial charge in [0.25, 0.3) is 0 Å². The molecule has 0 saturated heterocycles. The van der Waals surface area contributed by atoms with Crippen molar-refractivity contribution in [3.05, 3.63) is 23.8 Å². The quantitative estimate of drug-likeness (QED) is 0.107. The van der Waals surface area contributed by atoms with Crippen molar-refractivity contribution in [3.63, 3.8) is 0 Å². The number of hydrogen-bond donors (Lipinski definition) is 0. The minimum absolute atomic E-state index is 0.105. The molecule has 2 rings (SSSR count). The van der Waals surface area contributed by atoms with Crippen LogP contribution in [0.1, 0.15) is 86.0 Å². The Bertz CT molecular complexity index is 762. The summed E-state index contributed by atoms with van der Waals surface area (Å²) in [6.45, 7) is 16.0. The second-order valence-corrected chi connectivity index (χ2v) is 16.5. The summed E-state index contributed by atoms with van der Waals surface area (Å²) in [6, 6.07) is 0. The van der Waals surface area contributed by atoms with E-state index >= 15 is 0 Å². The fourth-order valence-corrected chi connectivity index (χ4v) is 6.45. The molecule has 0 aromatic heterocycles. The van der Waals surface area contributed by atoms with Gasteiger partial charge in [0, 0.05) is 18.8 Å². The van der Waals surface area contributed by atoms with Crippen LogP contribution in [-0.2, 0) is 14.0 Å². The van der Waals surface area contributed by atoms with Gasteiger partial charge < -0.3 is 9.16 Å². The highest BCUT2D eigenvalue weighted by molar-refractivity contribution is 6.74. The van der Waals surface area contributed by atoms with Gasteiger partial charge in [-0.15, -0.1) is 11.8 Å². The van der Waals surface area contributed by atoms with Crippen LogP contribution in [0.15, 0.2) is 23.8 Å². The number of hydrogen-bond acceptors (Lipinski definition) is 3. The maximum Gasteiger partial charge on any atom is 0.305 e. The average molecular weight is 473 g/mol. The van der Waals surface area contributed by atoms with Crippen LogP contribution in [0.4, 0.5) is 0 Å². The lowest BCUT2D eigenvalue weighted by atomic mass is 9.89. The molecule has 0 N–H and O–H groups in total. The Morgan fingerprint density at radius 2 is 2.00 bits per heavy atom. The molecular weight excluding hydrogens is 424 g/mol. The first-order chi connectivity index (χ1) is 15.5. The first-order valence-corrected chi connectivity index (χ1v) is 15.9. The fourth-order valence-electron chi connectivity index (χ4n) is 5.09. The number of ether oxygens (including phenoxy) is 1. The standard InChI is InChI=1S/C29H48O3Si/c1-9-10-11-14-22(2)17-18-25-26-20-23(15-12-13-16-28(30)31-6)19-24(26)21-27(25)32-33(7,8)29(3,4)5/h15,17-18,22,24-27H,11-14,16,19-21H2,1-8H3/b18-17+,23-15+/t22-,24-,25+,26-,27?/m0/s1. The van der Waals surface area contributed by atoms with Crippen molar-refractivity contribution in [2.45, 2.75) is 110 Å². The molecule has 0 aliphatic heterocycles. The SMILES string of the molecule is CC#CCC[C@H](C)/C=C/[C@H]1C(O[Si](C)(C)C(C)(C)C)C[C@@H]2C/C(=C\CCCC(=O)OC)C[C@@H]21. The summed E-state index contributed by atoms with van der Waals surface area (Å²) < 4.78 is 11.8. The lowest BCUT2D eigenvalue weighted by molar-refractivity contribution is -0.140. The molecule has 2 saturated carbocycles. The maximum atomic E-state index is 11.4. The van der Waals surface area contributed by atoms with E-state index in [0.717, 1.165) is 31.6 Å². The molecule has 0 aromatic rings. The van der Waals surface area contributed by atoms with Crippen LogP contribution < -0.4 is 0 Å². The zero-order chi connectivity index (χ0) is 24.6. The van der Waals surface area contributed by atoms with E-state index in [9.17, 15) is 4.79 Å². The van der Waals surface area contributed by atoms with Gasteiger partial charge in [0.05, 0.1) is 13.2 Å². The Morgan fingerprint density at radius 3 is 2.64 bits per heavy atom. The molecule has 0 amide bonds. The molecule has 2 aliphatic carbocycles. The first kappa shape index (κ1) is 27.9. The van der Waals surface area contributed by atoms with E-state index in [1.807, 2.05) is 6.92 Å². The molecule has 0 aromatic carbocycles. The minimum atomic E-state index is -1.81. The van der Waals surface area contributed by atoms with Gasteiger partial charge in [0.1, 0.15) is 0 Å². The summed E-state index contributed by atoms with van der Waals surface area (Å²) >= 11 is 0. The van der Waals surface area contributed by atoms with Crippen molar-refractivity contribution in [3.8, 4) is 11.8 Å². The third-order valence-corrected chi connectivity index (χ3v) is 12.7. The van der Waals surface area contributed by atoms with Gasteiger partial charge in [-0.05, 0) is 81.3 Å². The van der Waals surface area contributed by atoms with E-state index in [1.165, 1.54) is 26.4 Å². The number of esters is 1. The van der Waals surface area contributed by atoms with Crippen LogP contribution in [-0.4, -0.2) is 27.5 Å². The molecule has 0 bridgehead atoms. The van der Waals surface area contributed by atoms with Gasteiger partial charge in [0.15, 0.2) is 8.32 Å². The second kappa shape index (κ2) is 12.4. The molecular formula is C29H48O3Si. The molecule has 3 nitrogen and oxygen atoms in total. The van der Waals surface area contributed by atoms with Crippen molar-refractivity contribution in [2.24, 2.45) is 23.7 Å². The largest absolute Gasteiger partial charge is 0.469 e. The van der Waals surface area contributed by atoms with Crippen LogP contribution in [0, 0.1) is 35.5 Å². The molecule has 33 heavy (non-hydrogen) atoms. The molecule has 4 heteroatoms. The van der Waals surface area contributed by atoms with Crippen LogP contribution in [0.5, 0.6) is 0 Å². The van der Waals surface area contributed by atoms with Gasteiger partial charge in [-0.1, -0.05) is 51.5 Å². The van der Waals surface area contributed by atoms with E-state index < -0.39 is 8.32 Å². The van der Waals surface area contributed by atoms with Crippen molar-refractivity contribution in [2.75, 3.05) is 7.11 Å². The number of unbranched alkanes of at least 4 members (excludes halogenated alkanes) is 1. The Balaban J connectivity index is 2.09. The summed E-state index contributed by atoms with van der Waals surface area (Å²) in [5.41, 5.74) is 1.59. The van der Waals surface area contributed by atoms with Gasteiger partial charge in [-0.3, -0.25) is 4.79 Å². The van der Waals surface area contributed by atoms with Crippen LogP contribution in [0.3, 0.4) is 0 Å². The Kier molecular flexibility index (Phi) is 10.5. The summed E-state index contributed by atoms with van der Waals surface area (Å²) in [7, 11) is -0.344. The normalized spacial score (nSPS) is 27.5. The number of fused-ring (bicyclic) bond motifs is 1. The minimum Gasteiger partial charge on any atom is -0.469 e. The predicted molar refractivity (Wildman–Crippen MR) is 141 cm³/mol. The summed E-state index contributed by atoms with van der Waals surface area (Å²) in [5.74, 6) is 8.57. The Hall–Kier alpha value is -1.31.